The van der Waals surface area contributed by atoms with Crippen LogP contribution >= 0.6 is 46.9 Å². The zero-order valence-electron chi connectivity index (χ0n) is 11.1. The summed E-state index contributed by atoms with van der Waals surface area (Å²) in [6, 6.07) is 7.78. The summed E-state index contributed by atoms with van der Waals surface area (Å²) in [7, 11) is 0. The van der Waals surface area contributed by atoms with E-state index >= 15 is 0 Å². The molecule has 2 nitrogen and oxygen atoms in total. The lowest BCUT2D eigenvalue weighted by atomic mass is 10.2. The first kappa shape index (κ1) is 16.4. The van der Waals surface area contributed by atoms with Crippen molar-refractivity contribution >= 4 is 52.8 Å². The maximum atomic E-state index is 11.8. The van der Waals surface area contributed by atoms with Crippen LogP contribution in [-0.4, -0.2) is 40.7 Å². The van der Waals surface area contributed by atoms with Crippen LogP contribution in [0.5, 0.6) is 0 Å². The molecule has 2 rings (SSSR count). The molecule has 1 aromatic rings. The standard InChI is InChI=1S/C14H18ClNOS3/c15-12-3-1-11(2-4-12)8-19-10-14(17)16-7-13-9-18-5-6-20-13/h1-4,13H,5-10H2,(H,16,17)/t13-/m0/s1. The summed E-state index contributed by atoms with van der Waals surface area (Å²) < 4.78 is 0. The normalized spacial score (nSPS) is 18.8. The number of amides is 1. The monoisotopic (exact) mass is 347 g/mol. The van der Waals surface area contributed by atoms with Crippen LogP contribution in [0, 0.1) is 0 Å². The lowest BCUT2D eigenvalue weighted by Gasteiger charge is -2.21. The van der Waals surface area contributed by atoms with Gasteiger partial charge in [-0.05, 0) is 17.7 Å². The van der Waals surface area contributed by atoms with Crippen molar-refractivity contribution in [1.82, 2.24) is 5.32 Å². The minimum absolute atomic E-state index is 0.139. The SMILES string of the molecule is O=C(CSCc1ccc(Cl)cc1)NC[C@H]1CSCCS1. The highest BCUT2D eigenvalue weighted by Gasteiger charge is 2.14. The van der Waals surface area contributed by atoms with E-state index in [9.17, 15) is 4.79 Å². The van der Waals surface area contributed by atoms with Crippen LogP contribution in [0.2, 0.25) is 5.02 Å². The van der Waals surface area contributed by atoms with Gasteiger partial charge in [0.15, 0.2) is 0 Å². The molecule has 1 N–H and O–H groups in total. The number of halogens is 1. The minimum Gasteiger partial charge on any atom is -0.354 e. The Hall–Kier alpha value is 0.0300. The fourth-order valence-electron chi connectivity index (χ4n) is 1.78. The molecule has 1 heterocycles. The first-order valence-electron chi connectivity index (χ1n) is 6.52. The van der Waals surface area contributed by atoms with E-state index in [-0.39, 0.29) is 5.91 Å². The second kappa shape index (κ2) is 9.13. The Bertz CT molecular complexity index is 421. The van der Waals surface area contributed by atoms with E-state index in [1.165, 1.54) is 17.1 Å². The second-order valence-electron chi connectivity index (χ2n) is 4.49. The third-order valence-corrected chi connectivity index (χ3v) is 6.93. The van der Waals surface area contributed by atoms with Gasteiger partial charge in [-0.1, -0.05) is 23.7 Å². The van der Waals surface area contributed by atoms with Crippen LogP contribution < -0.4 is 5.32 Å². The molecular formula is C14H18ClNOS3. The van der Waals surface area contributed by atoms with Gasteiger partial charge in [0.25, 0.3) is 0 Å². The summed E-state index contributed by atoms with van der Waals surface area (Å²) in [5, 5.41) is 4.36. The van der Waals surface area contributed by atoms with E-state index < -0.39 is 0 Å². The van der Waals surface area contributed by atoms with Gasteiger partial charge in [0.2, 0.25) is 5.91 Å². The largest absolute Gasteiger partial charge is 0.354 e. The van der Waals surface area contributed by atoms with Crippen LogP contribution in [-0.2, 0) is 10.5 Å². The molecule has 0 unspecified atom stereocenters. The fourth-order valence-corrected chi connectivity index (χ4v) is 5.33. The Morgan fingerprint density at radius 1 is 1.35 bits per heavy atom. The molecule has 1 aliphatic rings. The van der Waals surface area contributed by atoms with Crippen LogP contribution in [0.1, 0.15) is 5.56 Å². The molecule has 110 valence electrons. The van der Waals surface area contributed by atoms with E-state index in [1.807, 2.05) is 47.8 Å². The number of thioether (sulfide) groups is 3. The van der Waals surface area contributed by atoms with Crippen LogP contribution in [0.3, 0.4) is 0 Å². The highest BCUT2D eigenvalue weighted by Crippen LogP contribution is 2.23. The number of hydrogen-bond acceptors (Lipinski definition) is 4. The van der Waals surface area contributed by atoms with E-state index in [2.05, 4.69) is 5.32 Å². The Balaban J connectivity index is 1.58. The van der Waals surface area contributed by atoms with Gasteiger partial charge in [0, 0.05) is 39.8 Å². The molecular weight excluding hydrogens is 330 g/mol. The molecule has 0 bridgehead atoms. The van der Waals surface area contributed by atoms with Crippen molar-refractivity contribution in [3.05, 3.63) is 34.9 Å². The maximum Gasteiger partial charge on any atom is 0.230 e. The number of rotatable bonds is 6. The Kier molecular flexibility index (Phi) is 7.49. The Labute approximate surface area is 138 Å². The molecule has 1 amide bonds. The number of nitrogens with one attached hydrogen (secondary N) is 1. The first-order chi connectivity index (χ1) is 9.74. The topological polar surface area (TPSA) is 29.1 Å². The molecule has 6 heteroatoms. The molecule has 20 heavy (non-hydrogen) atoms. The van der Waals surface area contributed by atoms with E-state index in [0.717, 1.165) is 23.1 Å². The highest BCUT2D eigenvalue weighted by molar-refractivity contribution is 8.06. The summed E-state index contributed by atoms with van der Waals surface area (Å²) in [6.07, 6.45) is 0. The highest BCUT2D eigenvalue weighted by atomic mass is 35.5. The third-order valence-electron chi connectivity index (χ3n) is 2.83. The number of benzene rings is 1. The van der Waals surface area contributed by atoms with Crippen molar-refractivity contribution in [3.8, 4) is 0 Å². The Morgan fingerprint density at radius 3 is 2.85 bits per heavy atom. The van der Waals surface area contributed by atoms with E-state index in [1.54, 1.807) is 11.8 Å². The smallest absolute Gasteiger partial charge is 0.230 e. The van der Waals surface area contributed by atoms with Crippen molar-refractivity contribution in [2.45, 2.75) is 11.0 Å². The second-order valence-corrected chi connectivity index (χ2v) is 8.47. The average Bonchev–Trinajstić information content (AvgIpc) is 2.48. The predicted octanol–water partition coefficient (Wildman–Crippen LogP) is 3.54. The van der Waals surface area contributed by atoms with Crippen molar-refractivity contribution in [3.63, 3.8) is 0 Å². The molecule has 0 aromatic heterocycles. The number of carbonyl (C=O) groups excluding carboxylic acids is 1. The first-order valence-corrected chi connectivity index (χ1v) is 10.3. The van der Waals surface area contributed by atoms with Crippen LogP contribution in [0.25, 0.3) is 0 Å². The zero-order chi connectivity index (χ0) is 14.2. The van der Waals surface area contributed by atoms with Crippen molar-refractivity contribution in [1.29, 1.82) is 0 Å². The quantitative estimate of drug-likeness (QED) is 0.852. The molecule has 1 saturated heterocycles. The fraction of sp³-hybridized carbons (Fsp3) is 0.500. The number of carbonyl (C=O) groups is 1. The lowest BCUT2D eigenvalue weighted by Crippen LogP contribution is -2.34. The maximum absolute atomic E-state index is 11.8. The molecule has 0 saturated carbocycles. The van der Waals surface area contributed by atoms with Gasteiger partial charge in [-0.15, -0.1) is 11.8 Å². The number of hydrogen-bond donors (Lipinski definition) is 1. The third kappa shape index (κ3) is 6.20. The lowest BCUT2D eigenvalue weighted by molar-refractivity contribution is -0.118. The van der Waals surface area contributed by atoms with Gasteiger partial charge < -0.3 is 5.32 Å². The zero-order valence-corrected chi connectivity index (χ0v) is 14.3. The summed E-state index contributed by atoms with van der Waals surface area (Å²) >= 11 is 11.4. The van der Waals surface area contributed by atoms with Gasteiger partial charge in [-0.3, -0.25) is 4.79 Å². The van der Waals surface area contributed by atoms with Gasteiger partial charge in [0.05, 0.1) is 5.75 Å². The summed E-state index contributed by atoms with van der Waals surface area (Å²) in [6.45, 7) is 0.804. The molecule has 0 radical (unpaired) electrons. The molecule has 0 aliphatic carbocycles. The molecule has 1 atom stereocenters. The van der Waals surface area contributed by atoms with Crippen LogP contribution in [0.15, 0.2) is 24.3 Å². The van der Waals surface area contributed by atoms with E-state index in [0.29, 0.717) is 11.0 Å². The predicted molar refractivity (Wildman–Crippen MR) is 94.2 cm³/mol. The summed E-state index contributed by atoms with van der Waals surface area (Å²) in [5.74, 6) is 5.11. The van der Waals surface area contributed by atoms with Gasteiger partial charge >= 0.3 is 0 Å². The molecule has 0 spiro atoms. The van der Waals surface area contributed by atoms with Gasteiger partial charge in [0.1, 0.15) is 0 Å². The van der Waals surface area contributed by atoms with E-state index in [4.69, 9.17) is 11.6 Å². The van der Waals surface area contributed by atoms with Crippen molar-refractivity contribution < 1.29 is 4.79 Å². The van der Waals surface area contributed by atoms with Gasteiger partial charge in [-0.25, -0.2) is 0 Å². The summed E-state index contributed by atoms with van der Waals surface area (Å²) in [5.41, 5.74) is 1.20. The summed E-state index contributed by atoms with van der Waals surface area (Å²) in [4.78, 5) is 11.8. The molecule has 1 aliphatic heterocycles. The Morgan fingerprint density at radius 2 is 2.15 bits per heavy atom. The van der Waals surface area contributed by atoms with Gasteiger partial charge in [-0.2, -0.15) is 23.5 Å². The van der Waals surface area contributed by atoms with Crippen LogP contribution in [0.4, 0.5) is 0 Å². The van der Waals surface area contributed by atoms with Crippen molar-refractivity contribution in [2.75, 3.05) is 29.6 Å². The molecule has 1 fully saturated rings. The molecule has 1 aromatic carbocycles. The average molecular weight is 348 g/mol. The van der Waals surface area contributed by atoms with Crippen molar-refractivity contribution in [2.24, 2.45) is 0 Å². The minimum atomic E-state index is 0.139.